The van der Waals surface area contributed by atoms with E-state index in [1.54, 1.807) is 9.80 Å². The number of aryl methyl sites for hydroxylation is 1. The van der Waals surface area contributed by atoms with Crippen molar-refractivity contribution in [2.24, 2.45) is 0 Å². The average Bonchev–Trinajstić information content (AvgIpc) is 2.80. The van der Waals surface area contributed by atoms with E-state index in [2.05, 4.69) is 0 Å². The van der Waals surface area contributed by atoms with Gasteiger partial charge in [0.1, 0.15) is 12.4 Å². The molecular weight excluding hydrogens is 216 g/mol. The SMILES string of the molecule is Cc1ccccc1N1C(=O)CN2C(=O)CC=C21. The molecule has 3 rings (SSSR count). The van der Waals surface area contributed by atoms with Crippen LogP contribution in [-0.2, 0) is 9.59 Å². The fourth-order valence-corrected chi connectivity index (χ4v) is 2.31. The molecule has 0 atom stereocenters. The molecule has 1 saturated heterocycles. The Morgan fingerprint density at radius 2 is 1.88 bits per heavy atom. The highest BCUT2D eigenvalue weighted by Gasteiger charge is 2.40. The maximum atomic E-state index is 12.0. The van der Waals surface area contributed by atoms with Crippen molar-refractivity contribution in [2.75, 3.05) is 11.4 Å². The van der Waals surface area contributed by atoms with E-state index in [9.17, 15) is 9.59 Å². The molecule has 0 unspecified atom stereocenters. The van der Waals surface area contributed by atoms with Crippen molar-refractivity contribution in [3.05, 3.63) is 41.7 Å². The lowest BCUT2D eigenvalue weighted by Crippen LogP contribution is -2.24. The fraction of sp³-hybridized carbons (Fsp3) is 0.231. The number of para-hydroxylation sites is 1. The molecule has 2 amide bonds. The highest BCUT2D eigenvalue weighted by molar-refractivity contribution is 6.06. The molecule has 1 aromatic rings. The first-order valence-corrected chi connectivity index (χ1v) is 5.57. The second kappa shape index (κ2) is 3.45. The van der Waals surface area contributed by atoms with Gasteiger partial charge in [0.2, 0.25) is 5.91 Å². The maximum Gasteiger partial charge on any atom is 0.252 e. The van der Waals surface area contributed by atoms with E-state index in [-0.39, 0.29) is 18.4 Å². The highest BCUT2D eigenvalue weighted by Crippen LogP contribution is 2.33. The molecule has 0 spiro atoms. The zero-order valence-corrected chi connectivity index (χ0v) is 9.51. The topological polar surface area (TPSA) is 40.6 Å². The molecule has 4 nitrogen and oxygen atoms in total. The summed E-state index contributed by atoms with van der Waals surface area (Å²) in [6, 6.07) is 7.70. The molecule has 2 heterocycles. The van der Waals surface area contributed by atoms with Gasteiger partial charge in [-0.05, 0) is 24.6 Å². The van der Waals surface area contributed by atoms with E-state index < -0.39 is 0 Å². The third kappa shape index (κ3) is 1.37. The molecule has 86 valence electrons. The van der Waals surface area contributed by atoms with Gasteiger partial charge < -0.3 is 0 Å². The Morgan fingerprint density at radius 1 is 1.12 bits per heavy atom. The molecule has 0 radical (unpaired) electrons. The monoisotopic (exact) mass is 228 g/mol. The Hall–Kier alpha value is -2.10. The number of hydrogen-bond acceptors (Lipinski definition) is 2. The number of nitrogens with zero attached hydrogens (tertiary/aromatic N) is 2. The first-order chi connectivity index (χ1) is 8.18. The lowest BCUT2D eigenvalue weighted by atomic mass is 10.2. The zero-order valence-electron chi connectivity index (χ0n) is 9.51. The van der Waals surface area contributed by atoms with Crippen LogP contribution in [0.4, 0.5) is 5.69 Å². The molecule has 0 saturated carbocycles. The van der Waals surface area contributed by atoms with Crippen molar-refractivity contribution >= 4 is 17.5 Å². The summed E-state index contributed by atoms with van der Waals surface area (Å²) in [6.07, 6.45) is 2.21. The van der Waals surface area contributed by atoms with Crippen LogP contribution in [-0.4, -0.2) is 23.3 Å². The summed E-state index contributed by atoms with van der Waals surface area (Å²) < 4.78 is 0. The molecule has 0 N–H and O–H groups in total. The zero-order chi connectivity index (χ0) is 12.0. The Labute approximate surface area is 99.1 Å². The molecule has 0 aliphatic carbocycles. The number of fused-ring (bicyclic) bond motifs is 1. The smallest absolute Gasteiger partial charge is 0.252 e. The van der Waals surface area contributed by atoms with Crippen LogP contribution < -0.4 is 4.90 Å². The predicted octanol–water partition coefficient (Wildman–Crippen LogP) is 1.42. The summed E-state index contributed by atoms with van der Waals surface area (Å²) >= 11 is 0. The molecule has 17 heavy (non-hydrogen) atoms. The fourth-order valence-electron chi connectivity index (χ4n) is 2.31. The van der Waals surface area contributed by atoms with Crippen LogP contribution >= 0.6 is 0 Å². The molecule has 4 heteroatoms. The van der Waals surface area contributed by atoms with Crippen molar-refractivity contribution in [2.45, 2.75) is 13.3 Å². The van der Waals surface area contributed by atoms with Crippen LogP contribution in [0.2, 0.25) is 0 Å². The summed E-state index contributed by atoms with van der Waals surface area (Å²) in [5.41, 5.74) is 1.89. The molecular formula is C13H12N2O2. The van der Waals surface area contributed by atoms with E-state index in [0.717, 1.165) is 11.3 Å². The van der Waals surface area contributed by atoms with E-state index in [1.165, 1.54) is 0 Å². The predicted molar refractivity (Wildman–Crippen MR) is 63.1 cm³/mol. The maximum absolute atomic E-state index is 12.0. The first-order valence-electron chi connectivity index (χ1n) is 5.57. The Balaban J connectivity index is 2.07. The van der Waals surface area contributed by atoms with Gasteiger partial charge >= 0.3 is 0 Å². The second-order valence-electron chi connectivity index (χ2n) is 4.26. The van der Waals surface area contributed by atoms with Crippen LogP contribution in [0, 0.1) is 6.92 Å². The molecule has 1 fully saturated rings. The lowest BCUT2D eigenvalue weighted by molar-refractivity contribution is -0.128. The number of benzene rings is 1. The average molecular weight is 228 g/mol. The van der Waals surface area contributed by atoms with Crippen molar-refractivity contribution < 1.29 is 9.59 Å². The van der Waals surface area contributed by atoms with Gasteiger partial charge in [0, 0.05) is 6.42 Å². The van der Waals surface area contributed by atoms with E-state index in [4.69, 9.17) is 0 Å². The summed E-state index contributed by atoms with van der Waals surface area (Å²) in [6.45, 7) is 2.13. The van der Waals surface area contributed by atoms with Crippen molar-refractivity contribution in [3.8, 4) is 0 Å². The van der Waals surface area contributed by atoms with Gasteiger partial charge in [0.05, 0.1) is 5.69 Å². The number of carbonyl (C=O) groups excluding carboxylic acids is 2. The van der Waals surface area contributed by atoms with Crippen molar-refractivity contribution in [3.63, 3.8) is 0 Å². The van der Waals surface area contributed by atoms with Gasteiger partial charge in [0.25, 0.3) is 5.91 Å². The number of anilines is 1. The number of hydrogen-bond donors (Lipinski definition) is 0. The van der Waals surface area contributed by atoms with Gasteiger partial charge in [-0.25, -0.2) is 0 Å². The van der Waals surface area contributed by atoms with Crippen LogP contribution in [0.15, 0.2) is 36.2 Å². The number of amides is 2. The van der Waals surface area contributed by atoms with Crippen LogP contribution in [0.5, 0.6) is 0 Å². The summed E-state index contributed by atoms with van der Waals surface area (Å²) in [5, 5.41) is 0. The third-order valence-electron chi connectivity index (χ3n) is 3.17. The standard InChI is InChI=1S/C13H12N2O2/c1-9-4-2-3-5-10(9)15-11-6-7-12(16)14(11)8-13(15)17/h2-6H,7-8H2,1H3. The molecule has 0 bridgehead atoms. The molecule has 2 aliphatic rings. The minimum absolute atomic E-state index is 0.00411. The molecule has 2 aliphatic heterocycles. The van der Waals surface area contributed by atoms with Gasteiger partial charge in [-0.2, -0.15) is 0 Å². The summed E-state index contributed by atoms with van der Waals surface area (Å²) in [7, 11) is 0. The first kappa shape index (κ1) is 10.1. The Bertz CT molecular complexity index is 548. The third-order valence-corrected chi connectivity index (χ3v) is 3.17. The van der Waals surface area contributed by atoms with Crippen molar-refractivity contribution in [1.82, 2.24) is 4.90 Å². The van der Waals surface area contributed by atoms with Crippen molar-refractivity contribution in [1.29, 1.82) is 0 Å². The van der Waals surface area contributed by atoms with Gasteiger partial charge in [-0.15, -0.1) is 0 Å². The van der Waals surface area contributed by atoms with Crippen LogP contribution in [0.3, 0.4) is 0 Å². The van der Waals surface area contributed by atoms with E-state index in [0.29, 0.717) is 12.2 Å². The van der Waals surface area contributed by atoms with E-state index >= 15 is 0 Å². The normalized spacial score (nSPS) is 18.8. The molecule has 0 aromatic heterocycles. The van der Waals surface area contributed by atoms with E-state index in [1.807, 2.05) is 37.3 Å². The minimum Gasteiger partial charge on any atom is -0.288 e. The largest absolute Gasteiger partial charge is 0.288 e. The quantitative estimate of drug-likeness (QED) is 0.729. The Morgan fingerprint density at radius 3 is 2.65 bits per heavy atom. The minimum atomic E-state index is -0.0430. The Kier molecular flexibility index (Phi) is 2.04. The van der Waals surface area contributed by atoms with Gasteiger partial charge in [0.15, 0.2) is 0 Å². The lowest BCUT2D eigenvalue weighted by Gasteiger charge is -2.19. The van der Waals surface area contributed by atoms with Gasteiger partial charge in [-0.3, -0.25) is 19.4 Å². The summed E-state index contributed by atoms with van der Waals surface area (Å²) in [5.74, 6) is 0.678. The second-order valence-corrected chi connectivity index (χ2v) is 4.26. The van der Waals surface area contributed by atoms with Crippen LogP contribution in [0.25, 0.3) is 0 Å². The highest BCUT2D eigenvalue weighted by atomic mass is 16.2. The van der Waals surface area contributed by atoms with Gasteiger partial charge in [-0.1, -0.05) is 18.2 Å². The summed E-state index contributed by atoms with van der Waals surface area (Å²) in [4.78, 5) is 26.7. The van der Waals surface area contributed by atoms with Crippen LogP contribution in [0.1, 0.15) is 12.0 Å². The number of carbonyl (C=O) groups is 2. The molecule has 1 aromatic carbocycles. The number of rotatable bonds is 1.